The van der Waals surface area contributed by atoms with Gasteiger partial charge in [0.2, 0.25) is 0 Å². The van der Waals surface area contributed by atoms with Gasteiger partial charge in [0.1, 0.15) is 0 Å². The Bertz CT molecular complexity index is 85.0. The zero-order valence-corrected chi connectivity index (χ0v) is 5.71. The first-order valence-corrected chi connectivity index (χ1v) is 3.72. The SMILES string of the molecule is NC[C@@H]1CCCC[C@H]1O. The van der Waals surface area contributed by atoms with E-state index in [1.807, 2.05) is 0 Å². The van der Waals surface area contributed by atoms with Crippen LogP contribution in [0.15, 0.2) is 0 Å². The van der Waals surface area contributed by atoms with Crippen molar-refractivity contribution in [2.45, 2.75) is 31.8 Å². The predicted octanol–water partition coefficient (Wildman–Crippen LogP) is 0.496. The van der Waals surface area contributed by atoms with Crippen LogP contribution in [0.3, 0.4) is 0 Å². The zero-order valence-electron chi connectivity index (χ0n) is 5.71. The Morgan fingerprint density at radius 3 is 2.44 bits per heavy atom. The molecule has 1 fully saturated rings. The van der Waals surface area contributed by atoms with Gasteiger partial charge in [-0.3, -0.25) is 0 Å². The lowest BCUT2D eigenvalue weighted by Crippen LogP contribution is -2.30. The fourth-order valence-electron chi connectivity index (χ4n) is 1.46. The highest BCUT2D eigenvalue weighted by atomic mass is 16.3. The van der Waals surface area contributed by atoms with Gasteiger partial charge in [0.25, 0.3) is 0 Å². The maximum absolute atomic E-state index is 9.29. The Morgan fingerprint density at radius 1 is 1.33 bits per heavy atom. The molecule has 2 atom stereocenters. The van der Waals surface area contributed by atoms with Crippen LogP contribution in [0.2, 0.25) is 0 Å². The molecule has 0 aliphatic heterocycles. The first-order valence-electron chi connectivity index (χ1n) is 3.72. The van der Waals surface area contributed by atoms with Gasteiger partial charge in [-0.25, -0.2) is 0 Å². The van der Waals surface area contributed by atoms with Crippen molar-refractivity contribution >= 4 is 0 Å². The van der Waals surface area contributed by atoms with Crippen molar-refractivity contribution in [2.75, 3.05) is 6.54 Å². The molecule has 1 rings (SSSR count). The third kappa shape index (κ3) is 1.66. The average molecular weight is 129 g/mol. The van der Waals surface area contributed by atoms with Crippen molar-refractivity contribution in [2.24, 2.45) is 11.7 Å². The van der Waals surface area contributed by atoms with Crippen LogP contribution in [-0.4, -0.2) is 17.8 Å². The summed E-state index contributed by atoms with van der Waals surface area (Å²) in [6.07, 6.45) is 4.40. The third-order valence-electron chi connectivity index (χ3n) is 2.17. The quantitative estimate of drug-likeness (QED) is 0.541. The third-order valence-corrected chi connectivity index (χ3v) is 2.17. The monoisotopic (exact) mass is 129 g/mol. The van der Waals surface area contributed by atoms with Crippen LogP contribution in [0.5, 0.6) is 0 Å². The molecule has 0 heterocycles. The van der Waals surface area contributed by atoms with Crippen LogP contribution in [0.4, 0.5) is 0 Å². The van der Waals surface area contributed by atoms with Crippen LogP contribution < -0.4 is 5.73 Å². The van der Waals surface area contributed by atoms with Crippen molar-refractivity contribution in [3.05, 3.63) is 0 Å². The van der Waals surface area contributed by atoms with Crippen LogP contribution >= 0.6 is 0 Å². The van der Waals surface area contributed by atoms with E-state index in [0.29, 0.717) is 12.5 Å². The van der Waals surface area contributed by atoms with Crippen molar-refractivity contribution in [3.63, 3.8) is 0 Å². The number of hydrogen-bond acceptors (Lipinski definition) is 2. The molecule has 9 heavy (non-hydrogen) atoms. The fraction of sp³-hybridized carbons (Fsp3) is 1.00. The Morgan fingerprint density at radius 2 is 2.00 bits per heavy atom. The highest BCUT2D eigenvalue weighted by Crippen LogP contribution is 2.22. The minimum atomic E-state index is -0.108. The second kappa shape index (κ2) is 3.18. The van der Waals surface area contributed by atoms with Crippen LogP contribution in [0.1, 0.15) is 25.7 Å². The molecule has 0 aromatic rings. The molecular formula is C7H15NO. The number of rotatable bonds is 1. The first-order chi connectivity index (χ1) is 4.34. The summed E-state index contributed by atoms with van der Waals surface area (Å²) in [5.74, 6) is 0.388. The van der Waals surface area contributed by atoms with Crippen molar-refractivity contribution in [1.82, 2.24) is 0 Å². The molecule has 54 valence electrons. The molecule has 0 radical (unpaired) electrons. The second-order valence-corrected chi connectivity index (χ2v) is 2.85. The lowest BCUT2D eigenvalue weighted by atomic mass is 9.87. The summed E-state index contributed by atoms with van der Waals surface area (Å²) in [5.41, 5.74) is 5.43. The van der Waals surface area contributed by atoms with Crippen LogP contribution in [0, 0.1) is 5.92 Å². The molecule has 0 aromatic heterocycles. The van der Waals surface area contributed by atoms with Crippen molar-refractivity contribution in [3.8, 4) is 0 Å². The number of nitrogens with two attached hydrogens (primary N) is 1. The Balaban J connectivity index is 2.30. The van der Waals surface area contributed by atoms with Crippen LogP contribution in [-0.2, 0) is 0 Å². The molecular weight excluding hydrogens is 114 g/mol. The zero-order chi connectivity index (χ0) is 6.69. The van der Waals surface area contributed by atoms with Gasteiger partial charge < -0.3 is 10.8 Å². The maximum Gasteiger partial charge on any atom is 0.0580 e. The summed E-state index contributed by atoms with van der Waals surface area (Å²) in [7, 11) is 0. The summed E-state index contributed by atoms with van der Waals surface area (Å²) in [6, 6.07) is 0. The minimum Gasteiger partial charge on any atom is -0.393 e. The summed E-state index contributed by atoms with van der Waals surface area (Å²) >= 11 is 0. The van der Waals surface area contributed by atoms with E-state index in [9.17, 15) is 5.11 Å². The van der Waals surface area contributed by atoms with Gasteiger partial charge in [-0.05, 0) is 25.3 Å². The molecule has 0 unspecified atom stereocenters. The summed E-state index contributed by atoms with van der Waals surface area (Å²) < 4.78 is 0. The number of aliphatic hydroxyl groups excluding tert-OH is 1. The highest BCUT2D eigenvalue weighted by molar-refractivity contribution is 4.74. The largest absolute Gasteiger partial charge is 0.393 e. The molecule has 0 aromatic carbocycles. The minimum absolute atomic E-state index is 0.108. The second-order valence-electron chi connectivity index (χ2n) is 2.85. The first kappa shape index (κ1) is 7.03. The Kier molecular flexibility index (Phi) is 2.49. The van der Waals surface area contributed by atoms with E-state index >= 15 is 0 Å². The summed E-state index contributed by atoms with van der Waals surface area (Å²) in [6.45, 7) is 0.654. The maximum atomic E-state index is 9.29. The standard InChI is InChI=1S/C7H15NO/c8-5-6-3-1-2-4-7(6)9/h6-7,9H,1-5,8H2/t6-,7+/m0/s1. The molecule has 2 nitrogen and oxygen atoms in total. The van der Waals surface area contributed by atoms with Gasteiger partial charge >= 0.3 is 0 Å². The molecule has 3 N–H and O–H groups in total. The molecule has 0 bridgehead atoms. The van der Waals surface area contributed by atoms with E-state index in [1.165, 1.54) is 12.8 Å². The lowest BCUT2D eigenvalue weighted by molar-refractivity contribution is 0.0743. The molecule has 0 amide bonds. The van der Waals surface area contributed by atoms with Gasteiger partial charge in [0.15, 0.2) is 0 Å². The number of hydrogen-bond donors (Lipinski definition) is 2. The topological polar surface area (TPSA) is 46.2 Å². The van der Waals surface area contributed by atoms with Gasteiger partial charge in [-0.1, -0.05) is 12.8 Å². The van der Waals surface area contributed by atoms with Crippen LogP contribution in [0.25, 0.3) is 0 Å². The highest BCUT2D eigenvalue weighted by Gasteiger charge is 2.20. The normalized spacial score (nSPS) is 36.7. The Labute approximate surface area is 56.1 Å². The van der Waals surface area contributed by atoms with E-state index in [1.54, 1.807) is 0 Å². The Hall–Kier alpha value is -0.0800. The van der Waals surface area contributed by atoms with E-state index in [0.717, 1.165) is 12.8 Å². The van der Waals surface area contributed by atoms with Gasteiger partial charge in [0, 0.05) is 0 Å². The summed E-state index contributed by atoms with van der Waals surface area (Å²) in [4.78, 5) is 0. The smallest absolute Gasteiger partial charge is 0.0580 e. The molecule has 1 aliphatic carbocycles. The lowest BCUT2D eigenvalue weighted by Gasteiger charge is -2.25. The molecule has 2 heteroatoms. The number of aliphatic hydroxyl groups is 1. The fourth-order valence-corrected chi connectivity index (χ4v) is 1.46. The van der Waals surface area contributed by atoms with Gasteiger partial charge in [-0.2, -0.15) is 0 Å². The molecule has 1 saturated carbocycles. The van der Waals surface area contributed by atoms with E-state index in [-0.39, 0.29) is 6.10 Å². The van der Waals surface area contributed by atoms with E-state index < -0.39 is 0 Å². The molecule has 1 aliphatic rings. The van der Waals surface area contributed by atoms with E-state index in [4.69, 9.17) is 5.73 Å². The molecule has 0 spiro atoms. The summed E-state index contributed by atoms with van der Waals surface area (Å²) in [5, 5.41) is 9.29. The van der Waals surface area contributed by atoms with Gasteiger partial charge in [0.05, 0.1) is 6.10 Å². The van der Waals surface area contributed by atoms with Gasteiger partial charge in [-0.15, -0.1) is 0 Å². The van der Waals surface area contributed by atoms with E-state index in [2.05, 4.69) is 0 Å². The predicted molar refractivity (Wildman–Crippen MR) is 37.0 cm³/mol. The van der Waals surface area contributed by atoms with Crippen molar-refractivity contribution < 1.29 is 5.11 Å². The van der Waals surface area contributed by atoms with Crippen molar-refractivity contribution in [1.29, 1.82) is 0 Å². The molecule has 0 saturated heterocycles. The average Bonchev–Trinajstić information content (AvgIpc) is 1.89.